The van der Waals surface area contributed by atoms with E-state index in [0.717, 1.165) is 18.7 Å². The molecule has 1 aromatic heterocycles. The zero-order valence-electron chi connectivity index (χ0n) is 9.77. The van der Waals surface area contributed by atoms with Gasteiger partial charge in [-0.25, -0.2) is 0 Å². The van der Waals surface area contributed by atoms with Crippen molar-refractivity contribution in [2.45, 2.75) is 38.9 Å². The van der Waals surface area contributed by atoms with Crippen LogP contribution in [0.15, 0.2) is 23.0 Å². The highest BCUT2D eigenvalue weighted by Gasteiger charge is 2.30. The van der Waals surface area contributed by atoms with Gasteiger partial charge in [0.15, 0.2) is 0 Å². The zero-order valence-corrected chi connectivity index (χ0v) is 9.77. The second kappa shape index (κ2) is 4.70. The van der Waals surface area contributed by atoms with Gasteiger partial charge in [0, 0.05) is 37.2 Å². The van der Waals surface area contributed by atoms with Crippen LogP contribution in [-0.2, 0) is 11.3 Å². The predicted octanol–water partition coefficient (Wildman–Crippen LogP) is 1.38. The second-order valence-corrected chi connectivity index (χ2v) is 4.55. The van der Waals surface area contributed by atoms with E-state index in [0.29, 0.717) is 12.5 Å². The molecule has 88 valence electrons. The first-order valence-corrected chi connectivity index (χ1v) is 5.70. The minimum atomic E-state index is 0.250. The molecule has 0 aromatic carbocycles. The number of rotatable bonds is 4. The van der Waals surface area contributed by atoms with Crippen LogP contribution in [0.4, 0.5) is 0 Å². The van der Waals surface area contributed by atoms with E-state index in [4.69, 9.17) is 4.42 Å². The van der Waals surface area contributed by atoms with Crippen LogP contribution in [0.25, 0.3) is 0 Å². The molecule has 0 spiro atoms. The van der Waals surface area contributed by atoms with Gasteiger partial charge in [0.1, 0.15) is 0 Å². The van der Waals surface area contributed by atoms with Crippen LogP contribution < -0.4 is 5.32 Å². The zero-order chi connectivity index (χ0) is 11.5. The summed E-state index contributed by atoms with van der Waals surface area (Å²) in [5.74, 6) is 0.250. The molecule has 0 aliphatic carbocycles. The Morgan fingerprint density at radius 2 is 2.44 bits per heavy atom. The second-order valence-electron chi connectivity index (χ2n) is 4.55. The van der Waals surface area contributed by atoms with Gasteiger partial charge < -0.3 is 14.6 Å². The quantitative estimate of drug-likeness (QED) is 0.837. The molecule has 1 fully saturated rings. The Balaban J connectivity index is 1.82. The van der Waals surface area contributed by atoms with Crippen molar-refractivity contribution in [1.82, 2.24) is 10.2 Å². The van der Waals surface area contributed by atoms with Crippen molar-refractivity contribution in [3.63, 3.8) is 0 Å². The maximum Gasteiger partial charge on any atom is 0.224 e. The lowest BCUT2D eigenvalue weighted by Gasteiger charge is -2.21. The van der Waals surface area contributed by atoms with E-state index in [-0.39, 0.29) is 11.9 Å². The largest absolute Gasteiger partial charge is 0.472 e. The number of carbonyl (C=O) groups excluding carboxylic acids is 1. The van der Waals surface area contributed by atoms with Crippen LogP contribution in [0.3, 0.4) is 0 Å². The molecule has 1 saturated heterocycles. The Morgan fingerprint density at radius 3 is 3.00 bits per heavy atom. The van der Waals surface area contributed by atoms with Gasteiger partial charge in [-0.3, -0.25) is 4.79 Å². The Morgan fingerprint density at radius 1 is 1.62 bits per heavy atom. The third kappa shape index (κ3) is 2.44. The number of nitrogens with one attached hydrogen (secondary N) is 1. The fourth-order valence-electron chi connectivity index (χ4n) is 2.02. The van der Waals surface area contributed by atoms with Gasteiger partial charge in [-0.2, -0.15) is 0 Å². The summed E-state index contributed by atoms with van der Waals surface area (Å²) in [6.45, 7) is 5.68. The van der Waals surface area contributed by atoms with Crippen LogP contribution in [0.5, 0.6) is 0 Å². The van der Waals surface area contributed by atoms with E-state index < -0.39 is 0 Å². The molecule has 0 radical (unpaired) electrons. The Bertz CT molecular complexity index is 346. The smallest absolute Gasteiger partial charge is 0.224 e. The highest BCUT2D eigenvalue weighted by molar-refractivity contribution is 5.79. The lowest BCUT2D eigenvalue weighted by atomic mass is 10.2. The van der Waals surface area contributed by atoms with E-state index in [9.17, 15) is 4.79 Å². The molecule has 1 aliphatic rings. The van der Waals surface area contributed by atoms with Crippen molar-refractivity contribution in [1.29, 1.82) is 0 Å². The number of hydrogen-bond donors (Lipinski definition) is 1. The monoisotopic (exact) mass is 222 g/mol. The van der Waals surface area contributed by atoms with Crippen molar-refractivity contribution in [2.75, 3.05) is 6.54 Å². The summed E-state index contributed by atoms with van der Waals surface area (Å²) in [5, 5.41) is 3.38. The molecule has 1 aromatic rings. The van der Waals surface area contributed by atoms with E-state index in [1.165, 1.54) is 0 Å². The van der Waals surface area contributed by atoms with Gasteiger partial charge in [0.05, 0.1) is 12.5 Å². The topological polar surface area (TPSA) is 45.5 Å². The lowest BCUT2D eigenvalue weighted by molar-refractivity contribution is -0.129. The molecule has 16 heavy (non-hydrogen) atoms. The molecule has 2 heterocycles. The highest BCUT2D eigenvalue weighted by Crippen LogP contribution is 2.14. The third-order valence-corrected chi connectivity index (χ3v) is 2.96. The maximum atomic E-state index is 11.7. The van der Waals surface area contributed by atoms with Gasteiger partial charge in [-0.05, 0) is 19.9 Å². The Kier molecular flexibility index (Phi) is 3.29. The highest BCUT2D eigenvalue weighted by atomic mass is 16.3. The van der Waals surface area contributed by atoms with Crippen LogP contribution in [0, 0.1) is 0 Å². The lowest BCUT2D eigenvalue weighted by Crippen LogP contribution is -2.35. The fourth-order valence-corrected chi connectivity index (χ4v) is 2.02. The first kappa shape index (κ1) is 11.2. The Labute approximate surface area is 95.6 Å². The van der Waals surface area contributed by atoms with E-state index in [1.807, 2.05) is 11.0 Å². The molecule has 4 nitrogen and oxygen atoms in total. The molecule has 1 amide bonds. The number of likely N-dealkylation sites (tertiary alicyclic amines) is 1. The number of furan rings is 1. The van der Waals surface area contributed by atoms with Crippen LogP contribution in [-0.4, -0.2) is 29.4 Å². The van der Waals surface area contributed by atoms with Gasteiger partial charge in [0.2, 0.25) is 5.91 Å². The molecule has 1 unspecified atom stereocenters. The minimum absolute atomic E-state index is 0.250. The standard InChI is InChI=1S/C12H18N2O2/c1-9(2)14-7-11(5-12(14)15)13-6-10-3-4-16-8-10/h3-4,8-9,11,13H,5-7H2,1-2H3. The van der Waals surface area contributed by atoms with E-state index >= 15 is 0 Å². The summed E-state index contributed by atoms with van der Waals surface area (Å²) < 4.78 is 4.99. The number of carbonyl (C=O) groups is 1. The normalized spacial score (nSPS) is 21.1. The number of hydrogen-bond acceptors (Lipinski definition) is 3. The van der Waals surface area contributed by atoms with Gasteiger partial charge >= 0.3 is 0 Å². The average molecular weight is 222 g/mol. The first-order valence-electron chi connectivity index (χ1n) is 5.70. The first-order chi connectivity index (χ1) is 7.66. The predicted molar refractivity (Wildman–Crippen MR) is 60.8 cm³/mol. The summed E-state index contributed by atoms with van der Waals surface area (Å²) in [5.41, 5.74) is 1.12. The summed E-state index contributed by atoms with van der Waals surface area (Å²) in [4.78, 5) is 13.6. The van der Waals surface area contributed by atoms with Crippen molar-refractivity contribution in [2.24, 2.45) is 0 Å². The number of amides is 1. The van der Waals surface area contributed by atoms with Gasteiger partial charge in [0.25, 0.3) is 0 Å². The third-order valence-electron chi connectivity index (χ3n) is 2.96. The molecule has 1 N–H and O–H groups in total. The van der Waals surface area contributed by atoms with Crippen molar-refractivity contribution in [3.8, 4) is 0 Å². The Hall–Kier alpha value is -1.29. The molecule has 4 heteroatoms. The van der Waals surface area contributed by atoms with Gasteiger partial charge in [-0.1, -0.05) is 0 Å². The number of nitrogens with zero attached hydrogens (tertiary/aromatic N) is 1. The summed E-state index contributed by atoms with van der Waals surface area (Å²) >= 11 is 0. The average Bonchev–Trinajstić information content (AvgIpc) is 2.83. The summed E-state index contributed by atoms with van der Waals surface area (Å²) in [7, 11) is 0. The van der Waals surface area contributed by atoms with E-state index in [2.05, 4.69) is 19.2 Å². The van der Waals surface area contributed by atoms with Crippen molar-refractivity contribution >= 4 is 5.91 Å². The molecule has 0 bridgehead atoms. The fraction of sp³-hybridized carbons (Fsp3) is 0.583. The van der Waals surface area contributed by atoms with Crippen LogP contribution in [0.1, 0.15) is 25.8 Å². The van der Waals surface area contributed by atoms with Gasteiger partial charge in [-0.15, -0.1) is 0 Å². The molecule has 0 saturated carbocycles. The molecule has 2 rings (SSSR count). The SMILES string of the molecule is CC(C)N1CC(NCc2ccoc2)CC1=O. The van der Waals surface area contributed by atoms with Crippen LogP contribution in [0.2, 0.25) is 0 Å². The molecule has 1 aliphatic heterocycles. The molecular weight excluding hydrogens is 204 g/mol. The van der Waals surface area contributed by atoms with Crippen molar-refractivity contribution < 1.29 is 9.21 Å². The maximum absolute atomic E-state index is 11.7. The molecular formula is C12H18N2O2. The van der Waals surface area contributed by atoms with Crippen molar-refractivity contribution in [3.05, 3.63) is 24.2 Å². The molecule has 1 atom stereocenters. The van der Waals surface area contributed by atoms with E-state index in [1.54, 1.807) is 12.5 Å². The minimum Gasteiger partial charge on any atom is -0.472 e. The summed E-state index contributed by atoms with van der Waals surface area (Å²) in [6, 6.07) is 2.50. The van der Waals surface area contributed by atoms with Crippen LogP contribution >= 0.6 is 0 Å². The summed E-state index contributed by atoms with van der Waals surface area (Å²) in [6.07, 6.45) is 4.00.